The van der Waals surface area contributed by atoms with E-state index in [1.54, 1.807) is 0 Å². The van der Waals surface area contributed by atoms with Crippen LogP contribution in [0.2, 0.25) is 0 Å². The van der Waals surface area contributed by atoms with Crippen LogP contribution in [0, 0.1) is 10.1 Å². The van der Waals surface area contributed by atoms with Gasteiger partial charge in [-0.2, -0.15) is 0 Å². The quantitative estimate of drug-likeness (QED) is 0.523. The molecular formula is C18H16N4O3S. The maximum atomic E-state index is 12.2. The van der Waals surface area contributed by atoms with Gasteiger partial charge in [0.25, 0.3) is 11.6 Å². The van der Waals surface area contributed by atoms with Crippen LogP contribution >= 0.6 is 11.3 Å². The fraction of sp³-hybridized carbons (Fsp3) is 0.167. The average molecular weight is 368 g/mol. The molecule has 0 spiro atoms. The molecular weight excluding hydrogens is 352 g/mol. The number of amides is 1. The van der Waals surface area contributed by atoms with Crippen molar-refractivity contribution in [2.24, 2.45) is 0 Å². The minimum atomic E-state index is -0.537. The Hall–Kier alpha value is -3.13. The number of nitrogens with zero attached hydrogens (tertiary/aromatic N) is 3. The van der Waals surface area contributed by atoms with Crippen molar-refractivity contribution in [3.8, 4) is 0 Å². The van der Waals surface area contributed by atoms with Crippen LogP contribution in [0.1, 0.15) is 33.8 Å². The molecule has 3 rings (SSSR count). The number of non-ortho nitro benzene ring substituents is 1. The summed E-state index contributed by atoms with van der Waals surface area (Å²) in [7, 11) is 0. The second kappa shape index (κ2) is 7.83. The van der Waals surface area contributed by atoms with Crippen molar-refractivity contribution in [2.45, 2.75) is 19.3 Å². The Balaban J connectivity index is 1.66. The number of nitro benzene ring substituents is 1. The first-order valence-corrected chi connectivity index (χ1v) is 8.77. The van der Waals surface area contributed by atoms with Crippen LogP contribution < -0.4 is 5.32 Å². The van der Waals surface area contributed by atoms with Crippen molar-refractivity contribution in [3.63, 3.8) is 0 Å². The van der Waals surface area contributed by atoms with Crippen LogP contribution in [0.25, 0.3) is 0 Å². The maximum Gasteiger partial charge on any atom is 0.270 e. The standard InChI is InChI=1S/C18H16N4O3S/c1-12(13-6-3-2-4-7-13)10-16-20-21-18(26-16)19-17(23)14-8-5-9-15(11-14)22(24)25/h2-9,11-12H,10H2,1H3,(H,19,21,23). The van der Waals surface area contributed by atoms with E-state index in [0.717, 1.165) is 5.01 Å². The van der Waals surface area contributed by atoms with E-state index in [4.69, 9.17) is 0 Å². The highest BCUT2D eigenvalue weighted by atomic mass is 32.1. The lowest BCUT2D eigenvalue weighted by molar-refractivity contribution is -0.384. The average Bonchev–Trinajstić information content (AvgIpc) is 3.09. The number of carbonyl (C=O) groups excluding carboxylic acids is 1. The molecule has 0 radical (unpaired) electrons. The molecule has 0 bridgehead atoms. The zero-order valence-electron chi connectivity index (χ0n) is 14.0. The summed E-state index contributed by atoms with van der Waals surface area (Å²) in [6.45, 7) is 2.11. The highest BCUT2D eigenvalue weighted by Gasteiger charge is 2.15. The lowest BCUT2D eigenvalue weighted by Crippen LogP contribution is -2.11. The van der Waals surface area contributed by atoms with Gasteiger partial charge in [0.05, 0.1) is 4.92 Å². The van der Waals surface area contributed by atoms with Crippen molar-refractivity contribution in [1.82, 2.24) is 10.2 Å². The first-order valence-electron chi connectivity index (χ1n) is 7.96. The zero-order chi connectivity index (χ0) is 18.5. The molecule has 0 aliphatic heterocycles. The van der Waals surface area contributed by atoms with Gasteiger partial charge in [0.2, 0.25) is 5.13 Å². The molecule has 1 unspecified atom stereocenters. The van der Waals surface area contributed by atoms with E-state index in [2.05, 4.69) is 34.6 Å². The molecule has 0 aliphatic carbocycles. The number of carbonyl (C=O) groups is 1. The number of hydrogen-bond acceptors (Lipinski definition) is 6. The minimum Gasteiger partial charge on any atom is -0.296 e. The molecule has 8 heteroatoms. The van der Waals surface area contributed by atoms with Crippen LogP contribution in [-0.4, -0.2) is 21.0 Å². The fourth-order valence-electron chi connectivity index (χ4n) is 2.48. The van der Waals surface area contributed by atoms with E-state index < -0.39 is 10.8 Å². The monoisotopic (exact) mass is 368 g/mol. The molecule has 0 aliphatic rings. The number of nitro groups is 1. The molecule has 1 atom stereocenters. The van der Waals surface area contributed by atoms with E-state index in [-0.39, 0.29) is 17.2 Å². The van der Waals surface area contributed by atoms with Crippen LogP contribution in [0.4, 0.5) is 10.8 Å². The predicted molar refractivity (Wildman–Crippen MR) is 99.5 cm³/mol. The van der Waals surface area contributed by atoms with Gasteiger partial charge in [-0.15, -0.1) is 10.2 Å². The van der Waals surface area contributed by atoms with E-state index >= 15 is 0 Å². The van der Waals surface area contributed by atoms with Gasteiger partial charge in [0.15, 0.2) is 0 Å². The smallest absolute Gasteiger partial charge is 0.270 e. The molecule has 1 amide bonds. The Kier molecular flexibility index (Phi) is 5.33. The maximum absolute atomic E-state index is 12.2. The Labute approximate surface area is 153 Å². The fourth-order valence-corrected chi connectivity index (χ4v) is 3.34. The Morgan fingerprint density at radius 1 is 1.19 bits per heavy atom. The molecule has 1 aromatic heterocycles. The summed E-state index contributed by atoms with van der Waals surface area (Å²) in [5.41, 5.74) is 1.28. The number of hydrogen-bond donors (Lipinski definition) is 1. The first kappa shape index (κ1) is 17.7. The molecule has 3 aromatic rings. The Morgan fingerprint density at radius 2 is 1.96 bits per heavy atom. The third kappa shape index (κ3) is 4.28. The molecule has 2 aromatic carbocycles. The van der Waals surface area contributed by atoms with Gasteiger partial charge in [-0.25, -0.2) is 0 Å². The van der Waals surface area contributed by atoms with E-state index in [1.807, 2.05) is 18.2 Å². The van der Waals surface area contributed by atoms with Gasteiger partial charge >= 0.3 is 0 Å². The van der Waals surface area contributed by atoms with Gasteiger partial charge in [-0.3, -0.25) is 20.2 Å². The van der Waals surface area contributed by atoms with Crippen molar-refractivity contribution in [1.29, 1.82) is 0 Å². The first-order chi connectivity index (χ1) is 12.5. The third-order valence-electron chi connectivity index (χ3n) is 3.86. The highest BCUT2D eigenvalue weighted by molar-refractivity contribution is 7.15. The second-order valence-corrected chi connectivity index (χ2v) is 6.84. The van der Waals surface area contributed by atoms with Crippen LogP contribution in [0.3, 0.4) is 0 Å². The topological polar surface area (TPSA) is 98.0 Å². The molecule has 7 nitrogen and oxygen atoms in total. The molecule has 0 saturated heterocycles. The van der Waals surface area contributed by atoms with E-state index in [0.29, 0.717) is 11.6 Å². The lowest BCUT2D eigenvalue weighted by atomic mass is 9.98. The number of anilines is 1. The Bertz CT molecular complexity index is 927. The summed E-state index contributed by atoms with van der Waals surface area (Å²) >= 11 is 1.30. The van der Waals surface area contributed by atoms with Gasteiger partial charge in [-0.1, -0.05) is 54.7 Å². The van der Waals surface area contributed by atoms with Gasteiger partial charge in [0, 0.05) is 24.1 Å². The lowest BCUT2D eigenvalue weighted by Gasteiger charge is -2.08. The molecule has 132 valence electrons. The summed E-state index contributed by atoms with van der Waals surface area (Å²) in [5, 5.41) is 22.7. The number of nitrogens with one attached hydrogen (secondary N) is 1. The zero-order valence-corrected chi connectivity index (χ0v) is 14.8. The Morgan fingerprint density at radius 3 is 2.69 bits per heavy atom. The van der Waals surface area contributed by atoms with Gasteiger partial charge in [0.1, 0.15) is 5.01 Å². The second-order valence-electron chi connectivity index (χ2n) is 5.78. The summed E-state index contributed by atoms with van der Waals surface area (Å²) in [6.07, 6.45) is 0.717. The summed E-state index contributed by atoms with van der Waals surface area (Å²) < 4.78 is 0. The molecule has 0 fully saturated rings. The predicted octanol–water partition coefficient (Wildman–Crippen LogP) is 4.04. The van der Waals surface area contributed by atoms with Crippen molar-refractivity contribution in [2.75, 3.05) is 5.32 Å². The molecule has 1 heterocycles. The molecule has 0 saturated carbocycles. The number of aromatic nitrogens is 2. The number of rotatable bonds is 6. The van der Waals surface area contributed by atoms with Crippen molar-refractivity contribution < 1.29 is 9.72 Å². The summed E-state index contributed by atoms with van der Waals surface area (Å²) in [4.78, 5) is 22.5. The summed E-state index contributed by atoms with van der Waals surface area (Å²) in [5.74, 6) is -0.169. The largest absolute Gasteiger partial charge is 0.296 e. The van der Waals surface area contributed by atoms with Gasteiger partial charge < -0.3 is 0 Å². The van der Waals surface area contributed by atoms with Crippen LogP contribution in [-0.2, 0) is 6.42 Å². The molecule has 26 heavy (non-hydrogen) atoms. The highest BCUT2D eigenvalue weighted by Crippen LogP contribution is 2.24. The third-order valence-corrected chi connectivity index (χ3v) is 4.72. The normalized spacial score (nSPS) is 11.7. The van der Waals surface area contributed by atoms with E-state index in [9.17, 15) is 14.9 Å². The number of benzene rings is 2. The van der Waals surface area contributed by atoms with Crippen molar-refractivity contribution in [3.05, 3.63) is 80.8 Å². The SMILES string of the molecule is CC(Cc1nnc(NC(=O)c2cccc([N+](=O)[O-])c2)s1)c1ccccc1. The van der Waals surface area contributed by atoms with E-state index in [1.165, 1.54) is 41.2 Å². The molecule has 1 N–H and O–H groups in total. The van der Waals surface area contributed by atoms with Gasteiger partial charge in [-0.05, 0) is 17.5 Å². The minimum absolute atomic E-state index is 0.132. The van der Waals surface area contributed by atoms with Crippen molar-refractivity contribution >= 4 is 28.1 Å². The van der Waals surface area contributed by atoms with Crippen LogP contribution in [0.5, 0.6) is 0 Å². The van der Waals surface area contributed by atoms with Crippen LogP contribution in [0.15, 0.2) is 54.6 Å². The summed E-state index contributed by atoms with van der Waals surface area (Å²) in [6, 6.07) is 15.7.